The zero-order valence-electron chi connectivity index (χ0n) is 12.6. The Bertz CT molecular complexity index is 254. The lowest BCUT2D eigenvalue weighted by atomic mass is 9.84. The number of nitrogens with one attached hydrogen (secondary N) is 1. The van der Waals surface area contributed by atoms with E-state index in [1.165, 1.54) is 25.7 Å². The smallest absolute Gasteiger partial charge is 0.0991 e. The zero-order valence-corrected chi connectivity index (χ0v) is 12.6. The minimum atomic E-state index is 0.194. The standard InChI is InChI=1S/C15H29NO3/c1-11-4-6-12(7-5-11)19-14-10-13(16-2)15(14)18-9-8-17-3/h11-16H,4-10H2,1-3H3. The Morgan fingerprint density at radius 2 is 1.84 bits per heavy atom. The molecule has 2 aliphatic carbocycles. The summed E-state index contributed by atoms with van der Waals surface area (Å²) in [6, 6.07) is 0.435. The normalized spacial score (nSPS) is 39.0. The van der Waals surface area contributed by atoms with Crippen LogP contribution in [0, 0.1) is 5.92 Å². The summed E-state index contributed by atoms with van der Waals surface area (Å²) in [5.74, 6) is 0.875. The first-order valence-electron chi connectivity index (χ1n) is 7.67. The molecule has 2 saturated carbocycles. The largest absolute Gasteiger partial charge is 0.382 e. The molecule has 4 heteroatoms. The van der Waals surface area contributed by atoms with Gasteiger partial charge in [-0.15, -0.1) is 0 Å². The molecule has 0 heterocycles. The van der Waals surface area contributed by atoms with E-state index in [4.69, 9.17) is 14.2 Å². The van der Waals surface area contributed by atoms with Gasteiger partial charge in [0.15, 0.2) is 0 Å². The van der Waals surface area contributed by atoms with Crippen LogP contribution in [0.25, 0.3) is 0 Å². The van der Waals surface area contributed by atoms with Crippen LogP contribution in [0.5, 0.6) is 0 Å². The fraction of sp³-hybridized carbons (Fsp3) is 1.00. The van der Waals surface area contributed by atoms with E-state index in [1.807, 2.05) is 7.05 Å². The molecule has 2 aliphatic rings. The molecule has 19 heavy (non-hydrogen) atoms. The van der Waals surface area contributed by atoms with Gasteiger partial charge >= 0.3 is 0 Å². The highest BCUT2D eigenvalue weighted by Crippen LogP contribution is 2.33. The molecule has 0 amide bonds. The molecular weight excluding hydrogens is 242 g/mol. The SMILES string of the molecule is CNC1CC(OC2CCC(C)CC2)C1OCCOC. The Balaban J connectivity index is 1.72. The van der Waals surface area contributed by atoms with E-state index in [-0.39, 0.29) is 12.2 Å². The van der Waals surface area contributed by atoms with Crippen LogP contribution in [0.3, 0.4) is 0 Å². The summed E-state index contributed by atoms with van der Waals surface area (Å²) in [7, 11) is 3.70. The van der Waals surface area contributed by atoms with E-state index in [1.54, 1.807) is 7.11 Å². The Labute approximate surface area is 117 Å². The molecule has 0 saturated heterocycles. The van der Waals surface area contributed by atoms with E-state index in [0.717, 1.165) is 12.3 Å². The summed E-state index contributed by atoms with van der Waals surface area (Å²) in [6.45, 7) is 3.65. The molecule has 2 rings (SSSR count). The highest BCUT2D eigenvalue weighted by molar-refractivity contribution is 4.97. The molecule has 0 aromatic heterocycles. The van der Waals surface area contributed by atoms with Gasteiger partial charge in [-0.1, -0.05) is 6.92 Å². The van der Waals surface area contributed by atoms with Crippen molar-refractivity contribution >= 4 is 0 Å². The quantitative estimate of drug-likeness (QED) is 0.719. The monoisotopic (exact) mass is 271 g/mol. The predicted molar refractivity (Wildman–Crippen MR) is 75.4 cm³/mol. The topological polar surface area (TPSA) is 39.7 Å². The number of rotatable bonds is 7. The summed E-state index contributed by atoms with van der Waals surface area (Å²) < 4.78 is 17.2. The molecule has 0 aromatic carbocycles. The zero-order chi connectivity index (χ0) is 13.7. The molecule has 3 atom stereocenters. The highest BCUT2D eigenvalue weighted by atomic mass is 16.6. The maximum absolute atomic E-state index is 6.25. The summed E-state index contributed by atoms with van der Waals surface area (Å²) in [6.07, 6.45) is 7.03. The second kappa shape index (κ2) is 7.58. The molecule has 4 nitrogen and oxygen atoms in total. The van der Waals surface area contributed by atoms with Crippen molar-refractivity contribution in [2.75, 3.05) is 27.4 Å². The fourth-order valence-corrected chi connectivity index (χ4v) is 3.10. The molecule has 0 aliphatic heterocycles. The minimum Gasteiger partial charge on any atom is -0.382 e. The van der Waals surface area contributed by atoms with E-state index >= 15 is 0 Å². The number of ether oxygens (including phenoxy) is 3. The fourth-order valence-electron chi connectivity index (χ4n) is 3.10. The number of hydrogen-bond acceptors (Lipinski definition) is 4. The lowest BCUT2D eigenvalue weighted by Gasteiger charge is -2.45. The average Bonchev–Trinajstić information content (AvgIpc) is 2.41. The second-order valence-corrected chi connectivity index (χ2v) is 6.02. The van der Waals surface area contributed by atoms with Crippen LogP contribution in [0.2, 0.25) is 0 Å². The van der Waals surface area contributed by atoms with Gasteiger partial charge in [0.25, 0.3) is 0 Å². The Hall–Kier alpha value is -0.160. The van der Waals surface area contributed by atoms with Gasteiger partial charge in [0, 0.05) is 13.2 Å². The molecule has 2 fully saturated rings. The molecule has 1 N–H and O–H groups in total. The molecule has 0 aromatic rings. The van der Waals surface area contributed by atoms with Crippen molar-refractivity contribution in [3.63, 3.8) is 0 Å². The van der Waals surface area contributed by atoms with Crippen molar-refractivity contribution in [2.45, 2.75) is 63.4 Å². The molecule has 112 valence electrons. The summed E-state index contributed by atoms with van der Waals surface area (Å²) in [5, 5.41) is 3.31. The Kier molecular flexibility index (Phi) is 6.07. The van der Waals surface area contributed by atoms with Gasteiger partial charge in [0.2, 0.25) is 0 Å². The Morgan fingerprint density at radius 3 is 2.47 bits per heavy atom. The van der Waals surface area contributed by atoms with Gasteiger partial charge in [-0.2, -0.15) is 0 Å². The van der Waals surface area contributed by atoms with Gasteiger partial charge in [-0.3, -0.25) is 0 Å². The van der Waals surface area contributed by atoms with E-state index in [0.29, 0.717) is 25.4 Å². The van der Waals surface area contributed by atoms with Gasteiger partial charge in [-0.25, -0.2) is 0 Å². The predicted octanol–water partition coefficient (Wildman–Crippen LogP) is 1.97. The third-order valence-electron chi connectivity index (χ3n) is 4.55. The van der Waals surface area contributed by atoms with Gasteiger partial charge in [-0.05, 0) is 45.1 Å². The van der Waals surface area contributed by atoms with Crippen molar-refractivity contribution in [2.24, 2.45) is 5.92 Å². The van der Waals surface area contributed by atoms with Crippen LogP contribution in [0.4, 0.5) is 0 Å². The molecule has 0 radical (unpaired) electrons. The molecule has 0 spiro atoms. The Morgan fingerprint density at radius 1 is 1.11 bits per heavy atom. The first-order chi connectivity index (χ1) is 9.24. The lowest BCUT2D eigenvalue weighted by Crippen LogP contribution is -2.60. The van der Waals surface area contributed by atoms with Crippen LogP contribution in [0.1, 0.15) is 39.0 Å². The highest BCUT2D eigenvalue weighted by Gasteiger charge is 2.43. The third-order valence-corrected chi connectivity index (χ3v) is 4.55. The molecular formula is C15H29NO3. The molecule has 0 bridgehead atoms. The van der Waals surface area contributed by atoms with Crippen LogP contribution < -0.4 is 5.32 Å². The van der Waals surface area contributed by atoms with E-state index < -0.39 is 0 Å². The summed E-state index contributed by atoms with van der Waals surface area (Å²) >= 11 is 0. The average molecular weight is 271 g/mol. The maximum atomic E-state index is 6.25. The van der Waals surface area contributed by atoms with Crippen LogP contribution in [-0.2, 0) is 14.2 Å². The van der Waals surface area contributed by atoms with Gasteiger partial charge < -0.3 is 19.5 Å². The van der Waals surface area contributed by atoms with Gasteiger partial charge in [0.1, 0.15) is 0 Å². The van der Waals surface area contributed by atoms with Gasteiger partial charge in [0.05, 0.1) is 31.5 Å². The van der Waals surface area contributed by atoms with Crippen molar-refractivity contribution in [3.05, 3.63) is 0 Å². The molecule has 3 unspecified atom stereocenters. The van der Waals surface area contributed by atoms with E-state index in [2.05, 4.69) is 12.2 Å². The second-order valence-electron chi connectivity index (χ2n) is 6.02. The third kappa shape index (κ3) is 4.15. The first kappa shape index (κ1) is 15.2. The van der Waals surface area contributed by atoms with Crippen LogP contribution in [-0.4, -0.2) is 51.7 Å². The van der Waals surface area contributed by atoms with Crippen molar-refractivity contribution in [1.29, 1.82) is 0 Å². The summed E-state index contributed by atoms with van der Waals surface area (Å²) in [4.78, 5) is 0. The van der Waals surface area contributed by atoms with Crippen molar-refractivity contribution in [3.8, 4) is 0 Å². The van der Waals surface area contributed by atoms with Crippen molar-refractivity contribution < 1.29 is 14.2 Å². The number of hydrogen-bond donors (Lipinski definition) is 1. The van der Waals surface area contributed by atoms with E-state index in [9.17, 15) is 0 Å². The minimum absolute atomic E-state index is 0.194. The van der Waals surface area contributed by atoms with Crippen LogP contribution >= 0.6 is 0 Å². The first-order valence-corrected chi connectivity index (χ1v) is 7.67. The van der Waals surface area contributed by atoms with Crippen molar-refractivity contribution in [1.82, 2.24) is 5.32 Å². The van der Waals surface area contributed by atoms with Crippen LogP contribution in [0.15, 0.2) is 0 Å². The number of likely N-dealkylation sites (N-methyl/N-ethyl adjacent to an activating group) is 1. The summed E-state index contributed by atoms with van der Waals surface area (Å²) in [5.41, 5.74) is 0. The number of methoxy groups -OCH3 is 1. The maximum Gasteiger partial charge on any atom is 0.0991 e. The lowest BCUT2D eigenvalue weighted by molar-refractivity contribution is -0.176.